The van der Waals surface area contributed by atoms with Crippen LogP contribution in [-0.2, 0) is 4.79 Å². The van der Waals surface area contributed by atoms with Gasteiger partial charge in [-0.1, -0.05) is 12.2 Å². The van der Waals surface area contributed by atoms with Gasteiger partial charge in [-0.05, 0) is 18.2 Å². The molecule has 0 aliphatic rings. The van der Waals surface area contributed by atoms with Crippen LogP contribution in [0.25, 0.3) is 0 Å². The first-order valence-electron chi connectivity index (χ1n) is 2.34. The van der Waals surface area contributed by atoms with Crippen molar-refractivity contribution in [3.8, 4) is 0 Å². The van der Waals surface area contributed by atoms with Crippen molar-refractivity contribution >= 4 is 23.1 Å². The summed E-state index contributed by atoms with van der Waals surface area (Å²) in [5, 5.41) is 8.10. The molecular formula is C5H8O2S. The van der Waals surface area contributed by atoms with Crippen LogP contribution in [0.1, 0.15) is 19.8 Å². The Kier molecular flexibility index (Phi) is 3.35. The van der Waals surface area contributed by atoms with Crippen LogP contribution in [0.3, 0.4) is 0 Å². The lowest BCUT2D eigenvalue weighted by molar-refractivity contribution is -0.136. The van der Waals surface area contributed by atoms with Crippen LogP contribution in [0, 0.1) is 0 Å². The summed E-state index contributed by atoms with van der Waals surface area (Å²) >= 11 is 4.65. The van der Waals surface area contributed by atoms with Crippen LogP contribution in [0.5, 0.6) is 0 Å². The molecule has 0 aromatic heterocycles. The number of thiocarbonyl (C=S) groups is 1. The average Bonchev–Trinajstić information content (AvgIpc) is 1.61. The Morgan fingerprint density at radius 1 is 1.62 bits per heavy atom. The Morgan fingerprint density at radius 3 is 2.25 bits per heavy atom. The molecule has 3 heteroatoms. The van der Waals surface area contributed by atoms with E-state index in [0.29, 0.717) is 6.42 Å². The minimum atomic E-state index is -0.783. The molecule has 0 saturated carbocycles. The quantitative estimate of drug-likeness (QED) is 0.587. The fraction of sp³-hybridized carbons (Fsp3) is 0.600. The molecule has 0 rings (SSSR count). The van der Waals surface area contributed by atoms with Gasteiger partial charge in [0.15, 0.2) is 0 Å². The van der Waals surface area contributed by atoms with E-state index in [0.717, 1.165) is 4.86 Å². The van der Waals surface area contributed by atoms with Gasteiger partial charge in [0.1, 0.15) is 0 Å². The van der Waals surface area contributed by atoms with Gasteiger partial charge in [-0.3, -0.25) is 4.79 Å². The van der Waals surface area contributed by atoms with E-state index in [1.807, 2.05) is 0 Å². The Hall–Kier alpha value is -0.440. The first kappa shape index (κ1) is 7.56. The van der Waals surface area contributed by atoms with Gasteiger partial charge < -0.3 is 5.11 Å². The van der Waals surface area contributed by atoms with Crippen molar-refractivity contribution in [1.29, 1.82) is 0 Å². The molecule has 1 N–H and O–H groups in total. The molecule has 0 bridgehead atoms. The fourth-order valence-corrected chi connectivity index (χ4v) is 0.385. The van der Waals surface area contributed by atoms with E-state index in [2.05, 4.69) is 12.2 Å². The largest absolute Gasteiger partial charge is 0.481 e. The van der Waals surface area contributed by atoms with E-state index in [1.165, 1.54) is 0 Å². The number of hydrogen-bond donors (Lipinski definition) is 1. The third kappa shape index (κ3) is 5.56. The highest BCUT2D eigenvalue weighted by molar-refractivity contribution is 7.80. The first-order chi connectivity index (χ1) is 3.63. The topological polar surface area (TPSA) is 37.3 Å². The Morgan fingerprint density at radius 2 is 2.12 bits per heavy atom. The molecule has 0 heterocycles. The van der Waals surface area contributed by atoms with Gasteiger partial charge in [-0.15, -0.1) is 0 Å². The predicted molar refractivity (Wildman–Crippen MR) is 35.1 cm³/mol. The van der Waals surface area contributed by atoms with Gasteiger partial charge in [-0.25, -0.2) is 0 Å². The van der Waals surface area contributed by atoms with Crippen molar-refractivity contribution in [3.63, 3.8) is 0 Å². The molecular weight excluding hydrogens is 124 g/mol. The highest BCUT2D eigenvalue weighted by Gasteiger charge is 1.95. The number of carbonyl (C=O) groups is 1. The molecule has 46 valence electrons. The van der Waals surface area contributed by atoms with Gasteiger partial charge in [0.05, 0.1) is 0 Å². The van der Waals surface area contributed by atoms with Crippen LogP contribution < -0.4 is 0 Å². The molecule has 0 saturated heterocycles. The third-order valence-corrected chi connectivity index (χ3v) is 0.895. The van der Waals surface area contributed by atoms with Crippen LogP contribution in [-0.4, -0.2) is 15.9 Å². The molecule has 0 aromatic rings. The first-order valence-corrected chi connectivity index (χ1v) is 2.75. The maximum Gasteiger partial charge on any atom is 0.303 e. The normalized spacial score (nSPS) is 8.62. The van der Waals surface area contributed by atoms with Crippen molar-refractivity contribution in [2.75, 3.05) is 0 Å². The SMILES string of the molecule is CC(=S)CCC(=O)O. The predicted octanol–water partition coefficient (Wildman–Crippen LogP) is 1.24. The highest BCUT2D eigenvalue weighted by Crippen LogP contribution is 1.90. The maximum absolute atomic E-state index is 9.84. The zero-order valence-electron chi connectivity index (χ0n) is 4.68. The molecule has 0 unspecified atom stereocenters. The van der Waals surface area contributed by atoms with Crippen molar-refractivity contribution < 1.29 is 9.90 Å². The van der Waals surface area contributed by atoms with Crippen molar-refractivity contribution in [1.82, 2.24) is 0 Å². The summed E-state index contributed by atoms with van der Waals surface area (Å²) in [5.41, 5.74) is 0. The summed E-state index contributed by atoms with van der Waals surface area (Å²) in [6.07, 6.45) is 0.681. The standard InChI is InChI=1S/C5H8O2S/c1-4(8)2-3-5(6)7/h2-3H2,1H3,(H,6,7). The maximum atomic E-state index is 9.84. The molecule has 0 atom stereocenters. The number of carboxylic acid groups (broad SMARTS) is 1. The molecule has 0 fully saturated rings. The number of aliphatic carboxylic acids is 1. The van der Waals surface area contributed by atoms with Gasteiger partial charge in [0.2, 0.25) is 0 Å². The summed E-state index contributed by atoms with van der Waals surface area (Å²) in [5.74, 6) is -0.783. The Labute approximate surface area is 53.5 Å². The van der Waals surface area contributed by atoms with Gasteiger partial charge in [-0.2, -0.15) is 0 Å². The van der Waals surface area contributed by atoms with E-state index in [4.69, 9.17) is 5.11 Å². The summed E-state index contributed by atoms with van der Waals surface area (Å²) in [4.78, 5) is 10.6. The van der Waals surface area contributed by atoms with E-state index in [-0.39, 0.29) is 6.42 Å². The van der Waals surface area contributed by atoms with Crippen LogP contribution in [0.2, 0.25) is 0 Å². The third-order valence-electron chi connectivity index (χ3n) is 0.691. The summed E-state index contributed by atoms with van der Waals surface area (Å²) in [6.45, 7) is 1.75. The Balaban J connectivity index is 3.18. The van der Waals surface area contributed by atoms with Gasteiger partial charge >= 0.3 is 5.97 Å². The van der Waals surface area contributed by atoms with Crippen LogP contribution >= 0.6 is 12.2 Å². The monoisotopic (exact) mass is 132 g/mol. The average molecular weight is 132 g/mol. The number of carboxylic acids is 1. The summed E-state index contributed by atoms with van der Waals surface area (Å²) < 4.78 is 0. The van der Waals surface area contributed by atoms with Crippen molar-refractivity contribution in [2.24, 2.45) is 0 Å². The zero-order valence-corrected chi connectivity index (χ0v) is 5.49. The van der Waals surface area contributed by atoms with Crippen molar-refractivity contribution in [3.05, 3.63) is 0 Å². The van der Waals surface area contributed by atoms with Crippen molar-refractivity contribution in [2.45, 2.75) is 19.8 Å². The molecule has 0 aliphatic heterocycles. The zero-order chi connectivity index (χ0) is 6.57. The molecule has 0 aromatic carbocycles. The minimum absolute atomic E-state index is 0.162. The van der Waals surface area contributed by atoms with E-state index in [1.54, 1.807) is 6.92 Å². The second-order valence-electron chi connectivity index (χ2n) is 1.60. The molecule has 8 heavy (non-hydrogen) atoms. The smallest absolute Gasteiger partial charge is 0.303 e. The molecule has 2 nitrogen and oxygen atoms in total. The summed E-state index contributed by atoms with van der Waals surface area (Å²) in [6, 6.07) is 0. The van der Waals surface area contributed by atoms with E-state index in [9.17, 15) is 4.79 Å². The molecule has 0 aliphatic carbocycles. The second-order valence-corrected chi connectivity index (χ2v) is 2.29. The lowest BCUT2D eigenvalue weighted by Gasteiger charge is -1.88. The fourth-order valence-electron chi connectivity index (χ4n) is 0.283. The van der Waals surface area contributed by atoms with Gasteiger partial charge in [0.25, 0.3) is 0 Å². The second kappa shape index (κ2) is 3.55. The van der Waals surface area contributed by atoms with Crippen LogP contribution in [0.4, 0.5) is 0 Å². The van der Waals surface area contributed by atoms with E-state index >= 15 is 0 Å². The lowest BCUT2D eigenvalue weighted by atomic mass is 10.2. The number of rotatable bonds is 3. The van der Waals surface area contributed by atoms with Gasteiger partial charge in [0, 0.05) is 6.42 Å². The van der Waals surface area contributed by atoms with Crippen LogP contribution in [0.15, 0.2) is 0 Å². The summed E-state index contributed by atoms with van der Waals surface area (Å²) in [7, 11) is 0. The highest BCUT2D eigenvalue weighted by atomic mass is 32.1. The molecule has 0 spiro atoms. The Bertz CT molecular complexity index is 95.0. The molecule has 0 radical (unpaired) electrons. The lowest BCUT2D eigenvalue weighted by Crippen LogP contribution is -1.96. The number of hydrogen-bond acceptors (Lipinski definition) is 2. The molecule has 0 amide bonds. The van der Waals surface area contributed by atoms with E-state index < -0.39 is 5.97 Å². The minimum Gasteiger partial charge on any atom is -0.481 e.